The van der Waals surface area contributed by atoms with Crippen LogP contribution in [0.3, 0.4) is 0 Å². The molecule has 3 atom stereocenters. The fourth-order valence-electron chi connectivity index (χ4n) is 2.77. The van der Waals surface area contributed by atoms with Crippen LogP contribution in [0.2, 0.25) is 0 Å². The Morgan fingerprint density at radius 2 is 1.94 bits per heavy atom. The predicted octanol–water partition coefficient (Wildman–Crippen LogP) is 4.06. The van der Waals surface area contributed by atoms with E-state index in [2.05, 4.69) is 66.3 Å². The first-order valence-electron chi connectivity index (χ1n) is 6.71. The molecule has 0 spiro atoms. The minimum Gasteiger partial charge on any atom is -0.375 e. The van der Waals surface area contributed by atoms with Crippen molar-refractivity contribution in [3.8, 4) is 0 Å². The minimum atomic E-state index is 0.362. The van der Waals surface area contributed by atoms with Gasteiger partial charge < -0.3 is 10.1 Å². The van der Waals surface area contributed by atoms with E-state index in [4.69, 9.17) is 4.74 Å². The van der Waals surface area contributed by atoms with Crippen molar-refractivity contribution in [3.05, 3.63) is 34.3 Å². The standard InChI is InChI=1S/C15H22BrNO/c1-10-7-15(8-11(2)18-10)17-12(3)13-5-4-6-14(16)9-13/h4-6,9-12,15,17H,7-8H2,1-3H3. The third-order valence-corrected chi connectivity index (χ3v) is 4.03. The molecule has 0 aliphatic carbocycles. The second kappa shape index (κ2) is 6.18. The lowest BCUT2D eigenvalue weighted by molar-refractivity contribution is -0.0433. The lowest BCUT2D eigenvalue weighted by atomic mass is 9.98. The molecule has 1 aromatic carbocycles. The lowest BCUT2D eigenvalue weighted by Gasteiger charge is -2.34. The molecule has 0 radical (unpaired) electrons. The van der Waals surface area contributed by atoms with Gasteiger partial charge in [-0.25, -0.2) is 0 Å². The molecule has 3 heteroatoms. The number of rotatable bonds is 3. The van der Waals surface area contributed by atoms with E-state index in [0.717, 1.165) is 17.3 Å². The molecule has 1 heterocycles. The summed E-state index contributed by atoms with van der Waals surface area (Å²) in [5.74, 6) is 0. The van der Waals surface area contributed by atoms with Gasteiger partial charge in [0.2, 0.25) is 0 Å². The molecular weight excluding hydrogens is 290 g/mol. The van der Waals surface area contributed by atoms with Gasteiger partial charge in [0.25, 0.3) is 0 Å². The molecule has 1 aliphatic rings. The lowest BCUT2D eigenvalue weighted by Crippen LogP contribution is -2.42. The molecule has 0 amide bonds. The molecule has 0 aromatic heterocycles. The van der Waals surface area contributed by atoms with Crippen LogP contribution >= 0.6 is 15.9 Å². The van der Waals surface area contributed by atoms with E-state index >= 15 is 0 Å². The van der Waals surface area contributed by atoms with E-state index in [1.807, 2.05) is 0 Å². The molecule has 100 valence electrons. The third kappa shape index (κ3) is 3.81. The maximum absolute atomic E-state index is 5.78. The van der Waals surface area contributed by atoms with Gasteiger partial charge in [-0.2, -0.15) is 0 Å². The Labute approximate surface area is 118 Å². The monoisotopic (exact) mass is 311 g/mol. The van der Waals surface area contributed by atoms with Gasteiger partial charge in [0, 0.05) is 16.6 Å². The van der Waals surface area contributed by atoms with Crippen LogP contribution < -0.4 is 5.32 Å². The SMILES string of the molecule is CC1CC(NC(C)c2cccc(Br)c2)CC(C)O1. The average molecular weight is 312 g/mol. The van der Waals surface area contributed by atoms with Gasteiger partial charge in [0.1, 0.15) is 0 Å². The molecule has 0 bridgehead atoms. The zero-order chi connectivity index (χ0) is 13.1. The minimum absolute atomic E-state index is 0.362. The quantitative estimate of drug-likeness (QED) is 0.909. The van der Waals surface area contributed by atoms with Crippen molar-refractivity contribution in [1.82, 2.24) is 5.32 Å². The largest absolute Gasteiger partial charge is 0.375 e. The Kier molecular flexibility index (Phi) is 4.82. The van der Waals surface area contributed by atoms with Gasteiger partial charge in [-0.3, -0.25) is 0 Å². The summed E-state index contributed by atoms with van der Waals surface area (Å²) in [5.41, 5.74) is 1.33. The summed E-state index contributed by atoms with van der Waals surface area (Å²) in [6.07, 6.45) is 2.92. The second-order valence-corrected chi connectivity index (χ2v) is 6.28. The summed E-state index contributed by atoms with van der Waals surface area (Å²) in [4.78, 5) is 0. The number of benzene rings is 1. The summed E-state index contributed by atoms with van der Waals surface area (Å²) in [7, 11) is 0. The van der Waals surface area contributed by atoms with E-state index in [1.165, 1.54) is 5.56 Å². The molecule has 18 heavy (non-hydrogen) atoms. The first-order valence-corrected chi connectivity index (χ1v) is 7.51. The van der Waals surface area contributed by atoms with Gasteiger partial charge >= 0.3 is 0 Å². The van der Waals surface area contributed by atoms with E-state index in [1.54, 1.807) is 0 Å². The van der Waals surface area contributed by atoms with Crippen molar-refractivity contribution in [2.45, 2.75) is 57.9 Å². The van der Waals surface area contributed by atoms with Crippen LogP contribution in [0.15, 0.2) is 28.7 Å². The molecule has 1 N–H and O–H groups in total. The average Bonchev–Trinajstić information content (AvgIpc) is 2.27. The van der Waals surface area contributed by atoms with Gasteiger partial charge in [-0.05, 0) is 51.3 Å². The van der Waals surface area contributed by atoms with Crippen LogP contribution in [0.1, 0.15) is 45.2 Å². The summed E-state index contributed by atoms with van der Waals surface area (Å²) < 4.78 is 6.92. The Morgan fingerprint density at radius 1 is 1.28 bits per heavy atom. The van der Waals surface area contributed by atoms with Gasteiger partial charge in [-0.1, -0.05) is 28.1 Å². The maximum atomic E-state index is 5.78. The van der Waals surface area contributed by atoms with E-state index in [-0.39, 0.29) is 0 Å². The van der Waals surface area contributed by atoms with Gasteiger partial charge in [-0.15, -0.1) is 0 Å². The van der Waals surface area contributed by atoms with Gasteiger partial charge in [0.15, 0.2) is 0 Å². The highest BCUT2D eigenvalue weighted by atomic mass is 79.9. The van der Waals surface area contributed by atoms with E-state index in [0.29, 0.717) is 24.3 Å². The summed E-state index contributed by atoms with van der Waals surface area (Å²) in [5, 5.41) is 3.72. The molecule has 1 fully saturated rings. The number of halogens is 1. The highest BCUT2D eigenvalue weighted by Crippen LogP contribution is 2.23. The Bertz CT molecular complexity index is 386. The summed E-state index contributed by atoms with van der Waals surface area (Å²) in [6, 6.07) is 9.45. The molecule has 0 saturated carbocycles. The summed E-state index contributed by atoms with van der Waals surface area (Å²) in [6.45, 7) is 6.55. The normalized spacial score (nSPS) is 30.1. The van der Waals surface area contributed by atoms with Crippen LogP contribution in [-0.4, -0.2) is 18.2 Å². The smallest absolute Gasteiger partial charge is 0.0565 e. The van der Waals surface area contributed by atoms with E-state index < -0.39 is 0 Å². The fraction of sp³-hybridized carbons (Fsp3) is 0.600. The van der Waals surface area contributed by atoms with Crippen molar-refractivity contribution in [2.75, 3.05) is 0 Å². The molecule has 1 saturated heterocycles. The van der Waals surface area contributed by atoms with Crippen molar-refractivity contribution in [1.29, 1.82) is 0 Å². The topological polar surface area (TPSA) is 21.3 Å². The third-order valence-electron chi connectivity index (χ3n) is 3.53. The Balaban J connectivity index is 1.96. The van der Waals surface area contributed by atoms with Crippen molar-refractivity contribution >= 4 is 15.9 Å². The van der Waals surface area contributed by atoms with Crippen LogP contribution in [0.25, 0.3) is 0 Å². The predicted molar refractivity (Wildman–Crippen MR) is 78.7 cm³/mol. The van der Waals surface area contributed by atoms with Crippen molar-refractivity contribution in [2.24, 2.45) is 0 Å². The maximum Gasteiger partial charge on any atom is 0.0565 e. The number of nitrogens with one attached hydrogen (secondary N) is 1. The molecule has 3 unspecified atom stereocenters. The van der Waals surface area contributed by atoms with E-state index in [9.17, 15) is 0 Å². The highest BCUT2D eigenvalue weighted by Gasteiger charge is 2.25. The molecule has 2 rings (SSSR count). The molecule has 1 aromatic rings. The molecular formula is C15H22BrNO. The number of hydrogen-bond donors (Lipinski definition) is 1. The number of hydrogen-bond acceptors (Lipinski definition) is 2. The zero-order valence-electron chi connectivity index (χ0n) is 11.3. The first-order chi connectivity index (χ1) is 8.54. The molecule has 1 aliphatic heterocycles. The number of ether oxygens (including phenoxy) is 1. The van der Waals surface area contributed by atoms with Crippen LogP contribution in [0.4, 0.5) is 0 Å². The zero-order valence-corrected chi connectivity index (χ0v) is 12.9. The first kappa shape index (κ1) is 14.0. The van der Waals surface area contributed by atoms with Gasteiger partial charge in [0.05, 0.1) is 12.2 Å². The van der Waals surface area contributed by atoms with Crippen LogP contribution in [0, 0.1) is 0 Å². The Morgan fingerprint density at radius 3 is 2.56 bits per heavy atom. The Hall–Kier alpha value is -0.380. The highest BCUT2D eigenvalue weighted by molar-refractivity contribution is 9.10. The second-order valence-electron chi connectivity index (χ2n) is 5.37. The van der Waals surface area contributed by atoms with Crippen LogP contribution in [0.5, 0.6) is 0 Å². The summed E-state index contributed by atoms with van der Waals surface area (Å²) >= 11 is 3.53. The fourth-order valence-corrected chi connectivity index (χ4v) is 3.18. The van der Waals surface area contributed by atoms with Crippen molar-refractivity contribution in [3.63, 3.8) is 0 Å². The van der Waals surface area contributed by atoms with Crippen LogP contribution in [-0.2, 0) is 4.74 Å². The van der Waals surface area contributed by atoms with Crippen molar-refractivity contribution < 1.29 is 4.74 Å². The molecule has 2 nitrogen and oxygen atoms in total.